The zero-order chi connectivity index (χ0) is 18.2. The van der Waals surface area contributed by atoms with Crippen molar-refractivity contribution in [1.82, 2.24) is 4.98 Å². The lowest BCUT2D eigenvalue weighted by atomic mass is 10.0. The van der Waals surface area contributed by atoms with E-state index in [-0.39, 0.29) is 0 Å². The highest BCUT2D eigenvalue weighted by atomic mass is 15.0. The molecule has 0 amide bonds. The third-order valence-electron chi connectivity index (χ3n) is 4.08. The van der Waals surface area contributed by atoms with Gasteiger partial charge in [-0.1, -0.05) is 66.8 Å². The van der Waals surface area contributed by atoms with Crippen LogP contribution in [0.4, 0.5) is 0 Å². The molecule has 0 spiro atoms. The van der Waals surface area contributed by atoms with Crippen LogP contribution in [0.15, 0.2) is 91.3 Å². The molecule has 2 heteroatoms. The lowest BCUT2D eigenvalue weighted by Crippen LogP contribution is -2.25. The van der Waals surface area contributed by atoms with Crippen molar-refractivity contribution in [1.29, 1.82) is 0 Å². The SMILES string of the molecule is C/C=C/C=C\c1ccc(-c2ccnc3cccc[n+]23)cc1/C=C/C=C/C. The topological polar surface area (TPSA) is 17.0 Å². The summed E-state index contributed by atoms with van der Waals surface area (Å²) in [4.78, 5) is 4.44. The third kappa shape index (κ3) is 4.04. The highest BCUT2D eigenvalue weighted by Crippen LogP contribution is 2.22. The zero-order valence-corrected chi connectivity index (χ0v) is 15.2. The van der Waals surface area contributed by atoms with Gasteiger partial charge in [-0.25, -0.2) is 0 Å². The van der Waals surface area contributed by atoms with E-state index in [9.17, 15) is 0 Å². The van der Waals surface area contributed by atoms with Crippen LogP contribution in [0.5, 0.6) is 0 Å². The minimum Gasteiger partial charge on any atom is -0.196 e. The maximum atomic E-state index is 4.44. The normalized spacial score (nSPS) is 12.4. The van der Waals surface area contributed by atoms with Gasteiger partial charge in [-0.2, -0.15) is 4.40 Å². The first-order valence-electron chi connectivity index (χ1n) is 8.82. The van der Waals surface area contributed by atoms with Crippen LogP contribution >= 0.6 is 0 Å². The Kier molecular flexibility index (Phi) is 5.89. The first-order chi connectivity index (χ1) is 12.8. The van der Waals surface area contributed by atoms with E-state index in [1.807, 2.05) is 68.7 Å². The number of aromatic nitrogens is 2. The molecular weight excluding hydrogens is 316 g/mol. The van der Waals surface area contributed by atoms with Gasteiger partial charge in [-0.15, -0.1) is 0 Å². The second-order valence-electron chi connectivity index (χ2n) is 5.87. The van der Waals surface area contributed by atoms with Crippen molar-refractivity contribution in [2.24, 2.45) is 0 Å². The zero-order valence-electron chi connectivity index (χ0n) is 15.2. The van der Waals surface area contributed by atoms with Crippen LogP contribution in [0.1, 0.15) is 25.0 Å². The predicted octanol–water partition coefficient (Wildman–Crippen LogP) is 5.67. The molecule has 0 fully saturated rings. The number of rotatable bonds is 5. The molecule has 0 aliphatic heterocycles. The fraction of sp³-hybridized carbons (Fsp3) is 0.0833. The molecule has 0 aliphatic carbocycles. The van der Waals surface area contributed by atoms with Gasteiger partial charge in [-0.3, -0.25) is 0 Å². The highest BCUT2D eigenvalue weighted by molar-refractivity contribution is 5.72. The maximum absolute atomic E-state index is 4.44. The minimum absolute atomic E-state index is 0.938. The number of hydrogen-bond donors (Lipinski definition) is 0. The van der Waals surface area contributed by atoms with Gasteiger partial charge in [0.1, 0.15) is 11.9 Å². The minimum atomic E-state index is 0.938. The van der Waals surface area contributed by atoms with Crippen molar-refractivity contribution in [2.45, 2.75) is 13.8 Å². The molecular formula is C24H23N2+. The van der Waals surface area contributed by atoms with Crippen LogP contribution < -0.4 is 4.40 Å². The highest BCUT2D eigenvalue weighted by Gasteiger charge is 2.11. The van der Waals surface area contributed by atoms with E-state index in [0.29, 0.717) is 0 Å². The van der Waals surface area contributed by atoms with E-state index in [1.165, 1.54) is 11.1 Å². The Balaban J connectivity index is 2.12. The van der Waals surface area contributed by atoms with E-state index < -0.39 is 0 Å². The van der Waals surface area contributed by atoms with Crippen molar-refractivity contribution in [3.8, 4) is 11.3 Å². The maximum Gasteiger partial charge on any atom is 0.327 e. The molecule has 1 aromatic carbocycles. The summed E-state index contributed by atoms with van der Waals surface area (Å²) in [5.74, 6) is 0. The Labute approximate surface area is 155 Å². The molecule has 0 bridgehead atoms. The standard InChI is InChI=1S/C24H23N2/c1-3-5-7-11-20-14-15-22(19-21(20)12-8-6-4-2)23-16-17-25-24-13-9-10-18-26(23)24/h3-19H,1-2H3/q+1/b5-3+,6-4+,11-7-,12-8+. The molecule has 2 aromatic heterocycles. The van der Waals surface area contributed by atoms with Gasteiger partial charge >= 0.3 is 5.65 Å². The number of benzene rings is 1. The number of pyridine rings is 1. The van der Waals surface area contributed by atoms with E-state index in [0.717, 1.165) is 16.9 Å². The average molecular weight is 339 g/mol. The van der Waals surface area contributed by atoms with Crippen LogP contribution in [0.2, 0.25) is 0 Å². The third-order valence-corrected chi connectivity index (χ3v) is 4.08. The molecule has 0 radical (unpaired) electrons. The number of nitrogens with zero attached hydrogens (tertiary/aromatic N) is 2. The molecule has 3 rings (SSSR count). The summed E-state index contributed by atoms with van der Waals surface area (Å²) in [5, 5.41) is 0. The summed E-state index contributed by atoms with van der Waals surface area (Å²) >= 11 is 0. The first-order valence-corrected chi connectivity index (χ1v) is 8.82. The van der Waals surface area contributed by atoms with E-state index >= 15 is 0 Å². The smallest absolute Gasteiger partial charge is 0.196 e. The number of hydrogen-bond acceptors (Lipinski definition) is 1. The Hall–Kier alpha value is -3.26. The number of allylic oxidation sites excluding steroid dienone is 6. The fourth-order valence-corrected chi connectivity index (χ4v) is 2.81. The average Bonchev–Trinajstić information content (AvgIpc) is 2.69. The second kappa shape index (κ2) is 8.72. The van der Waals surface area contributed by atoms with Crippen LogP contribution in [0.3, 0.4) is 0 Å². The molecule has 2 nitrogen and oxygen atoms in total. The molecule has 0 saturated heterocycles. The van der Waals surface area contributed by atoms with Gasteiger partial charge in [0.15, 0.2) is 0 Å². The largest absolute Gasteiger partial charge is 0.327 e. The van der Waals surface area contributed by atoms with Gasteiger partial charge in [0, 0.05) is 17.7 Å². The lowest BCUT2D eigenvalue weighted by Gasteiger charge is -2.06. The molecule has 0 N–H and O–H groups in total. The van der Waals surface area contributed by atoms with Crippen molar-refractivity contribution in [3.63, 3.8) is 0 Å². The Bertz CT molecular complexity index is 1000. The molecule has 0 saturated carbocycles. The lowest BCUT2D eigenvalue weighted by molar-refractivity contribution is -0.502. The van der Waals surface area contributed by atoms with Crippen LogP contribution in [-0.2, 0) is 0 Å². The van der Waals surface area contributed by atoms with Crippen molar-refractivity contribution < 1.29 is 4.40 Å². The summed E-state index contributed by atoms with van der Waals surface area (Å²) in [5.41, 5.74) is 5.60. The molecule has 26 heavy (non-hydrogen) atoms. The summed E-state index contributed by atoms with van der Waals surface area (Å²) in [6, 6.07) is 14.7. The summed E-state index contributed by atoms with van der Waals surface area (Å²) in [6.45, 7) is 4.04. The quantitative estimate of drug-likeness (QED) is 0.432. The van der Waals surface area contributed by atoms with Gasteiger partial charge in [-0.05, 0) is 42.1 Å². The Morgan fingerprint density at radius 2 is 1.58 bits per heavy atom. The molecule has 2 heterocycles. The van der Waals surface area contributed by atoms with E-state index in [1.54, 1.807) is 0 Å². The molecule has 3 aromatic rings. The first kappa shape index (κ1) is 17.6. The second-order valence-corrected chi connectivity index (χ2v) is 5.87. The molecule has 0 aliphatic rings. The van der Waals surface area contributed by atoms with E-state index in [2.05, 4.69) is 58.0 Å². The Morgan fingerprint density at radius 1 is 0.808 bits per heavy atom. The predicted molar refractivity (Wildman–Crippen MR) is 111 cm³/mol. The van der Waals surface area contributed by atoms with Crippen LogP contribution in [0.25, 0.3) is 29.1 Å². The molecule has 0 atom stereocenters. The van der Waals surface area contributed by atoms with Crippen molar-refractivity contribution in [3.05, 3.63) is 102 Å². The van der Waals surface area contributed by atoms with Crippen LogP contribution in [-0.4, -0.2) is 4.98 Å². The van der Waals surface area contributed by atoms with Gasteiger partial charge in [0.25, 0.3) is 0 Å². The Morgan fingerprint density at radius 3 is 2.35 bits per heavy atom. The van der Waals surface area contributed by atoms with Gasteiger partial charge < -0.3 is 0 Å². The van der Waals surface area contributed by atoms with Gasteiger partial charge in [0.2, 0.25) is 0 Å². The fourth-order valence-electron chi connectivity index (χ4n) is 2.81. The monoisotopic (exact) mass is 339 g/mol. The molecule has 0 unspecified atom stereocenters. The number of fused-ring (bicyclic) bond motifs is 1. The summed E-state index contributed by atoms with van der Waals surface area (Å²) < 4.78 is 2.12. The van der Waals surface area contributed by atoms with Crippen LogP contribution in [0, 0.1) is 0 Å². The van der Waals surface area contributed by atoms with Crippen molar-refractivity contribution in [2.75, 3.05) is 0 Å². The summed E-state index contributed by atoms with van der Waals surface area (Å²) in [7, 11) is 0. The summed E-state index contributed by atoms with van der Waals surface area (Å²) in [6.07, 6.45) is 20.5. The van der Waals surface area contributed by atoms with E-state index in [4.69, 9.17) is 0 Å². The van der Waals surface area contributed by atoms with Crippen molar-refractivity contribution >= 4 is 17.8 Å². The van der Waals surface area contributed by atoms with Gasteiger partial charge in [0.05, 0.1) is 6.20 Å². The molecule has 128 valence electrons.